The number of rotatable bonds is 8. The number of nitrogens with two attached hydrogens (primary N) is 1. The van der Waals surface area contributed by atoms with Crippen molar-refractivity contribution in [1.82, 2.24) is 4.89 Å². The van der Waals surface area contributed by atoms with Crippen molar-refractivity contribution in [1.29, 1.82) is 0 Å². The molecule has 0 heterocycles. The fourth-order valence-electron chi connectivity index (χ4n) is 0.545. The smallest absolute Gasteiger partial charge is 0.245 e. The van der Waals surface area contributed by atoms with Crippen LogP contribution in [0, 0.1) is 0 Å². The second-order valence-electron chi connectivity index (χ2n) is 2.35. The van der Waals surface area contributed by atoms with Gasteiger partial charge in [-0.2, -0.15) is 0 Å². The van der Waals surface area contributed by atoms with Crippen molar-refractivity contribution in [3.05, 3.63) is 0 Å². The zero-order valence-electron chi connectivity index (χ0n) is 7.86. The lowest BCUT2D eigenvalue weighted by molar-refractivity contribution is -0.123. The van der Waals surface area contributed by atoms with Crippen LogP contribution in [0.15, 0.2) is 0 Å². The van der Waals surface area contributed by atoms with Crippen LogP contribution in [0.5, 0.6) is 0 Å². The third-order valence-corrected chi connectivity index (χ3v) is 2.18. The molecule has 0 fully saturated rings. The largest absolute Gasteiger partial charge is 0.381 e. The number of hydrogen-bond acceptors (Lipinski definition) is 5. The van der Waals surface area contributed by atoms with Gasteiger partial charge < -0.3 is 10.5 Å². The molecule has 8 heteroatoms. The highest BCUT2D eigenvalue weighted by molar-refractivity contribution is 7.89. The van der Waals surface area contributed by atoms with Gasteiger partial charge in [0.1, 0.15) is 6.61 Å². The van der Waals surface area contributed by atoms with Gasteiger partial charge in [0.15, 0.2) is 0 Å². The molecule has 0 aliphatic heterocycles. The van der Waals surface area contributed by atoms with Gasteiger partial charge in [-0.25, -0.2) is 8.42 Å². The van der Waals surface area contributed by atoms with Gasteiger partial charge in [0.2, 0.25) is 15.9 Å². The van der Waals surface area contributed by atoms with E-state index in [1.54, 1.807) is 11.8 Å². The van der Waals surface area contributed by atoms with Crippen LogP contribution in [-0.2, 0) is 24.4 Å². The van der Waals surface area contributed by atoms with Gasteiger partial charge in [0.05, 0.1) is 12.4 Å². The van der Waals surface area contributed by atoms with E-state index in [1.165, 1.54) is 0 Å². The normalized spacial score (nSPS) is 11.5. The molecule has 0 bridgehead atoms. The minimum absolute atomic E-state index is 0.0752. The molecule has 84 valence electrons. The highest BCUT2D eigenvalue weighted by Crippen LogP contribution is 1.85. The third kappa shape index (κ3) is 7.92. The van der Waals surface area contributed by atoms with Gasteiger partial charge in [-0.05, 0) is 6.92 Å². The first-order chi connectivity index (χ1) is 6.48. The minimum atomic E-state index is -3.55. The molecule has 0 atom stereocenters. The molecule has 0 aromatic rings. The molecule has 0 unspecified atom stereocenters. The Balaban J connectivity index is 3.67. The number of carbonyl (C=O) groups is 1. The highest BCUT2D eigenvalue weighted by Gasteiger charge is 2.10. The molecule has 0 saturated heterocycles. The summed E-state index contributed by atoms with van der Waals surface area (Å²) >= 11 is 0. The van der Waals surface area contributed by atoms with Crippen LogP contribution in [0.2, 0.25) is 0 Å². The Bertz CT molecular complexity index is 263. The average molecular weight is 226 g/mol. The molecule has 3 N–H and O–H groups in total. The summed E-state index contributed by atoms with van der Waals surface area (Å²) in [5.41, 5.74) is 4.72. The van der Waals surface area contributed by atoms with Crippen LogP contribution in [0.3, 0.4) is 0 Å². The van der Waals surface area contributed by atoms with Crippen LogP contribution in [0.1, 0.15) is 6.92 Å². The molecular formula is C6H14N2O5S. The van der Waals surface area contributed by atoms with Crippen molar-refractivity contribution < 1.29 is 22.8 Å². The Kier molecular flexibility index (Phi) is 6.37. The topological polar surface area (TPSA) is 108 Å². The molecule has 7 nitrogen and oxygen atoms in total. The number of nitrogens with one attached hydrogen (secondary N) is 1. The van der Waals surface area contributed by atoms with E-state index in [0.717, 1.165) is 0 Å². The maximum atomic E-state index is 11.0. The zero-order chi connectivity index (χ0) is 11.0. The Morgan fingerprint density at radius 1 is 1.50 bits per heavy atom. The standard InChI is InChI=1S/C6H14N2O5S/c1-2-12-3-4-14(10,11)8-13-5-6(7)9/h8H,2-5H2,1H3,(H2,7,9). The Hall–Kier alpha value is -0.700. The molecule has 14 heavy (non-hydrogen) atoms. The van der Waals surface area contributed by atoms with Gasteiger partial charge in [-0.1, -0.05) is 4.89 Å². The van der Waals surface area contributed by atoms with E-state index >= 15 is 0 Å². The number of sulfonamides is 1. The SMILES string of the molecule is CCOCCS(=O)(=O)NOCC(N)=O. The summed E-state index contributed by atoms with van der Waals surface area (Å²) in [6.45, 7) is 1.78. The predicted molar refractivity (Wildman–Crippen MR) is 48.6 cm³/mol. The van der Waals surface area contributed by atoms with Gasteiger partial charge >= 0.3 is 0 Å². The number of carbonyl (C=O) groups excluding carboxylic acids is 1. The molecule has 0 aromatic carbocycles. The van der Waals surface area contributed by atoms with Crippen LogP contribution in [0.25, 0.3) is 0 Å². The van der Waals surface area contributed by atoms with Crippen LogP contribution < -0.4 is 10.6 Å². The van der Waals surface area contributed by atoms with Crippen LogP contribution in [-0.4, -0.2) is 39.9 Å². The van der Waals surface area contributed by atoms with Gasteiger partial charge in [0, 0.05) is 6.61 Å². The highest BCUT2D eigenvalue weighted by atomic mass is 32.2. The number of hydrogen-bond donors (Lipinski definition) is 2. The van der Waals surface area contributed by atoms with E-state index < -0.39 is 22.5 Å². The second kappa shape index (κ2) is 6.71. The monoisotopic (exact) mass is 226 g/mol. The lowest BCUT2D eigenvalue weighted by atomic mass is 10.7. The van der Waals surface area contributed by atoms with E-state index in [-0.39, 0.29) is 12.4 Å². The van der Waals surface area contributed by atoms with Crippen molar-refractivity contribution in [3.63, 3.8) is 0 Å². The van der Waals surface area contributed by atoms with Crippen molar-refractivity contribution in [3.8, 4) is 0 Å². The summed E-state index contributed by atoms with van der Waals surface area (Å²) in [5, 5.41) is 0. The Labute approximate surface area is 82.6 Å². The summed E-state index contributed by atoms with van der Waals surface area (Å²) in [5.74, 6) is -0.975. The summed E-state index contributed by atoms with van der Waals surface area (Å²) in [7, 11) is -3.55. The average Bonchev–Trinajstić information content (AvgIpc) is 2.03. The molecule has 0 spiro atoms. The van der Waals surface area contributed by atoms with E-state index in [1.807, 2.05) is 0 Å². The van der Waals surface area contributed by atoms with E-state index in [4.69, 9.17) is 10.5 Å². The first-order valence-electron chi connectivity index (χ1n) is 3.95. The molecule has 0 radical (unpaired) electrons. The maximum Gasteiger partial charge on any atom is 0.245 e. The minimum Gasteiger partial charge on any atom is -0.381 e. The Morgan fingerprint density at radius 3 is 2.64 bits per heavy atom. The zero-order valence-corrected chi connectivity index (χ0v) is 8.67. The van der Waals surface area contributed by atoms with Crippen LogP contribution >= 0.6 is 0 Å². The quantitative estimate of drug-likeness (QED) is 0.381. The first kappa shape index (κ1) is 13.3. The summed E-state index contributed by atoms with van der Waals surface area (Å²) < 4.78 is 26.9. The molecule has 0 aliphatic carbocycles. The summed E-state index contributed by atoms with van der Waals surface area (Å²) in [6, 6.07) is 0. The van der Waals surface area contributed by atoms with Crippen molar-refractivity contribution in [2.45, 2.75) is 6.92 Å². The molecule has 0 aliphatic rings. The van der Waals surface area contributed by atoms with Crippen molar-refractivity contribution in [2.75, 3.05) is 25.6 Å². The molecule has 1 amide bonds. The molecule has 0 rings (SSSR count). The third-order valence-electron chi connectivity index (χ3n) is 1.10. The van der Waals surface area contributed by atoms with Gasteiger partial charge in [0.25, 0.3) is 0 Å². The van der Waals surface area contributed by atoms with E-state index in [0.29, 0.717) is 6.61 Å². The lowest BCUT2D eigenvalue weighted by Gasteiger charge is -2.05. The summed E-state index contributed by atoms with van der Waals surface area (Å²) in [4.78, 5) is 16.2. The number of ether oxygens (including phenoxy) is 1. The maximum absolute atomic E-state index is 11.0. The fraction of sp³-hybridized carbons (Fsp3) is 0.833. The van der Waals surface area contributed by atoms with Gasteiger partial charge in [-0.3, -0.25) is 9.63 Å². The van der Waals surface area contributed by atoms with Crippen molar-refractivity contribution >= 4 is 15.9 Å². The first-order valence-corrected chi connectivity index (χ1v) is 5.60. The molecule has 0 aromatic heterocycles. The number of primary amides is 1. The molecular weight excluding hydrogens is 212 g/mol. The number of amides is 1. The predicted octanol–water partition coefficient (Wildman–Crippen LogP) is -1.64. The Morgan fingerprint density at radius 2 is 2.14 bits per heavy atom. The van der Waals surface area contributed by atoms with Gasteiger partial charge in [-0.15, -0.1) is 0 Å². The van der Waals surface area contributed by atoms with E-state index in [2.05, 4.69) is 4.84 Å². The van der Waals surface area contributed by atoms with Crippen molar-refractivity contribution in [2.24, 2.45) is 5.73 Å². The fourth-order valence-corrected chi connectivity index (χ4v) is 1.20. The molecule has 0 saturated carbocycles. The summed E-state index contributed by atoms with van der Waals surface area (Å²) in [6.07, 6.45) is 0. The lowest BCUT2D eigenvalue weighted by Crippen LogP contribution is -2.32. The second-order valence-corrected chi connectivity index (χ2v) is 4.16. The van der Waals surface area contributed by atoms with Crippen LogP contribution in [0.4, 0.5) is 0 Å². The van der Waals surface area contributed by atoms with E-state index in [9.17, 15) is 13.2 Å².